The summed E-state index contributed by atoms with van der Waals surface area (Å²) < 4.78 is 9.72. The van der Waals surface area contributed by atoms with Gasteiger partial charge in [0, 0.05) is 0 Å². The molecule has 0 unspecified atom stereocenters. The predicted octanol–water partition coefficient (Wildman–Crippen LogP) is 14.6. The Morgan fingerprint density at radius 2 is 0.750 bits per heavy atom. The predicted molar refractivity (Wildman–Crippen MR) is 272 cm³/mol. The number of rotatable bonds is 4. The van der Waals surface area contributed by atoms with E-state index in [9.17, 15) is 4.79 Å². The van der Waals surface area contributed by atoms with Gasteiger partial charge in [0.1, 0.15) is 0 Å². The molecule has 0 aliphatic rings. The van der Waals surface area contributed by atoms with E-state index in [1.807, 2.05) is 0 Å². The summed E-state index contributed by atoms with van der Waals surface area (Å²) in [5.41, 5.74) is 17.9. The molecule has 0 radical (unpaired) electrons. The van der Waals surface area contributed by atoms with E-state index in [-0.39, 0.29) is 5.43 Å². The van der Waals surface area contributed by atoms with Crippen molar-refractivity contribution in [3.8, 4) is 28.2 Å². The molecule has 0 spiro atoms. The molecule has 0 N–H and O–H groups in total. The molecule has 4 heterocycles. The van der Waals surface area contributed by atoms with Crippen molar-refractivity contribution in [3.63, 3.8) is 0 Å². The molecule has 13 rings (SSSR count). The standard InChI is InChI=1S/C59H41N3OTe/c1-34-13-9-19-45-46-20-10-14-35(2)56(46)61(55(34)45)41-29-39(30-42(32-41)62-57-36(3)15-11-21-47(57)48-22-12-16-37(4)58(48)62)38-25-27-49-53(31-38)64-54-33-40(26-28-50(54)59(49)63)60-51-23-7-5-17-43(51)44-18-6-8-24-52(44)60/h5-33H,1-4H3. The Labute approximate surface area is 379 Å². The van der Waals surface area contributed by atoms with Crippen LogP contribution >= 0.6 is 0 Å². The third kappa shape index (κ3) is 5.32. The first-order valence-electron chi connectivity index (χ1n) is 22.0. The number of benzene rings is 9. The van der Waals surface area contributed by atoms with Gasteiger partial charge in [-0.15, -0.1) is 0 Å². The van der Waals surface area contributed by atoms with Crippen molar-refractivity contribution in [1.29, 1.82) is 0 Å². The van der Waals surface area contributed by atoms with Gasteiger partial charge in [0.05, 0.1) is 0 Å². The number of aromatic nitrogens is 3. The van der Waals surface area contributed by atoms with Crippen LogP contribution in [0.3, 0.4) is 0 Å². The molecule has 0 aliphatic carbocycles. The molecule has 0 atom stereocenters. The average molecular weight is 936 g/mol. The molecule has 64 heavy (non-hydrogen) atoms. The summed E-state index contributed by atoms with van der Waals surface area (Å²) in [5, 5.41) is 9.16. The molecule has 0 saturated carbocycles. The number of hydrogen-bond acceptors (Lipinski definition) is 1. The third-order valence-corrected chi connectivity index (χ3v) is 16.9. The van der Waals surface area contributed by atoms with Crippen LogP contribution < -0.4 is 5.43 Å². The van der Waals surface area contributed by atoms with Crippen molar-refractivity contribution in [2.24, 2.45) is 0 Å². The number of aryl methyl sites for hydroxylation is 4. The molecule has 4 aromatic heterocycles. The maximum atomic E-state index is 14.4. The summed E-state index contributed by atoms with van der Waals surface area (Å²) >= 11 is -0.937. The summed E-state index contributed by atoms with van der Waals surface area (Å²) in [6, 6.07) is 64.2. The van der Waals surface area contributed by atoms with E-state index in [2.05, 4.69) is 217 Å². The quantitative estimate of drug-likeness (QED) is 0.128. The van der Waals surface area contributed by atoms with Crippen molar-refractivity contribution >= 4 is 103 Å². The van der Waals surface area contributed by atoms with E-state index in [0.717, 1.165) is 39.0 Å². The van der Waals surface area contributed by atoms with Crippen molar-refractivity contribution < 1.29 is 0 Å². The molecule has 9 aromatic carbocycles. The van der Waals surface area contributed by atoms with Gasteiger partial charge in [-0.1, -0.05) is 0 Å². The summed E-state index contributed by atoms with van der Waals surface area (Å²) in [7, 11) is 0. The van der Waals surface area contributed by atoms with Gasteiger partial charge >= 0.3 is 381 Å². The van der Waals surface area contributed by atoms with Crippen LogP contribution in [-0.4, -0.2) is 34.1 Å². The first kappa shape index (κ1) is 37.4. The van der Waals surface area contributed by atoms with Gasteiger partial charge in [-0.25, -0.2) is 0 Å². The molecular formula is C59H41N3OTe. The van der Waals surface area contributed by atoms with Gasteiger partial charge in [0.2, 0.25) is 0 Å². The van der Waals surface area contributed by atoms with Gasteiger partial charge < -0.3 is 0 Å². The second kappa shape index (κ2) is 13.9. The van der Waals surface area contributed by atoms with Crippen LogP contribution in [0, 0.1) is 27.7 Å². The topological polar surface area (TPSA) is 31.9 Å². The van der Waals surface area contributed by atoms with Crippen molar-refractivity contribution in [1.82, 2.24) is 13.7 Å². The fourth-order valence-electron chi connectivity index (χ4n) is 10.8. The molecule has 0 bridgehead atoms. The first-order valence-corrected chi connectivity index (χ1v) is 24.3. The number of para-hydroxylation sites is 6. The molecule has 0 amide bonds. The van der Waals surface area contributed by atoms with Crippen molar-refractivity contribution in [3.05, 3.63) is 208 Å². The zero-order valence-electron chi connectivity index (χ0n) is 35.9. The SMILES string of the molecule is Cc1cccc2c3cccc(C)c3n(-c3cc(-c4ccc5c(=O)c6ccc(-n7c8ccccc8c8ccccc87)cc6[te]c5c4)cc(-n4c5c(C)cccc5c5cccc(C)c54)c3)c12. The molecule has 4 nitrogen and oxygen atoms in total. The first-order chi connectivity index (χ1) is 31.3. The second-order valence-electron chi connectivity index (χ2n) is 17.5. The van der Waals surface area contributed by atoms with Gasteiger partial charge in [0.25, 0.3) is 0 Å². The molecule has 13 aromatic rings. The Balaban J connectivity index is 1.09. The van der Waals surface area contributed by atoms with Crippen LogP contribution in [0.2, 0.25) is 0 Å². The van der Waals surface area contributed by atoms with Gasteiger partial charge in [0.15, 0.2) is 0 Å². The Bertz CT molecular complexity index is 3900. The third-order valence-electron chi connectivity index (χ3n) is 13.7. The number of nitrogens with zero attached hydrogens (tertiary/aromatic N) is 3. The van der Waals surface area contributed by atoms with Gasteiger partial charge in [-0.2, -0.15) is 0 Å². The Morgan fingerprint density at radius 1 is 0.328 bits per heavy atom. The Hall–Kier alpha value is -7.16. The van der Waals surface area contributed by atoms with Crippen LogP contribution in [0.15, 0.2) is 181 Å². The van der Waals surface area contributed by atoms with E-state index in [1.165, 1.54) is 94.5 Å². The molecule has 0 fully saturated rings. The van der Waals surface area contributed by atoms with Crippen LogP contribution in [-0.2, 0) is 0 Å². The molecular weight excluding hydrogens is 894 g/mol. The second-order valence-corrected chi connectivity index (χ2v) is 20.6. The van der Waals surface area contributed by atoms with E-state index >= 15 is 0 Å². The fourth-order valence-corrected chi connectivity index (χ4v) is 14.1. The molecule has 304 valence electrons. The summed E-state index contributed by atoms with van der Waals surface area (Å²) in [6.45, 7) is 8.92. The zero-order valence-corrected chi connectivity index (χ0v) is 38.2. The van der Waals surface area contributed by atoms with Gasteiger partial charge in [-0.05, 0) is 0 Å². The molecule has 5 heteroatoms. The molecule has 0 saturated heterocycles. The van der Waals surface area contributed by atoms with Crippen molar-refractivity contribution in [2.45, 2.75) is 27.7 Å². The number of hydrogen-bond donors (Lipinski definition) is 0. The van der Waals surface area contributed by atoms with E-state index in [0.29, 0.717) is 0 Å². The Kier molecular flexibility index (Phi) is 8.13. The normalized spacial score (nSPS) is 12.1. The zero-order chi connectivity index (χ0) is 43.0. The van der Waals surface area contributed by atoms with Crippen molar-refractivity contribution in [2.75, 3.05) is 0 Å². The minimum absolute atomic E-state index is 0.114. The van der Waals surface area contributed by atoms with E-state index in [1.54, 1.807) is 0 Å². The molecule has 0 aliphatic heterocycles. The van der Waals surface area contributed by atoms with Crippen LogP contribution in [0.25, 0.3) is 111 Å². The minimum atomic E-state index is -0.937. The summed E-state index contributed by atoms with van der Waals surface area (Å²) in [4.78, 5) is 14.4. The summed E-state index contributed by atoms with van der Waals surface area (Å²) in [5.74, 6) is 0. The summed E-state index contributed by atoms with van der Waals surface area (Å²) in [6.07, 6.45) is 0. The van der Waals surface area contributed by atoms with Crippen LogP contribution in [0.5, 0.6) is 0 Å². The fraction of sp³-hybridized carbons (Fsp3) is 0.0678. The number of fused-ring (bicyclic) bond motifs is 11. The van der Waals surface area contributed by atoms with E-state index in [4.69, 9.17) is 0 Å². The van der Waals surface area contributed by atoms with Gasteiger partial charge in [-0.3, -0.25) is 0 Å². The monoisotopic (exact) mass is 937 g/mol. The van der Waals surface area contributed by atoms with Crippen LogP contribution in [0.1, 0.15) is 22.3 Å². The maximum absolute atomic E-state index is 14.4. The Morgan fingerprint density at radius 3 is 1.23 bits per heavy atom. The average Bonchev–Trinajstić information content (AvgIpc) is 3.97. The van der Waals surface area contributed by atoms with Crippen LogP contribution in [0.4, 0.5) is 0 Å². The van der Waals surface area contributed by atoms with E-state index < -0.39 is 20.4 Å².